The molecule has 0 spiro atoms. The van der Waals surface area contributed by atoms with E-state index < -0.39 is 0 Å². The van der Waals surface area contributed by atoms with E-state index in [9.17, 15) is 0 Å². The second-order valence-corrected chi connectivity index (χ2v) is 6.39. The zero-order valence-electron chi connectivity index (χ0n) is 13.6. The molecule has 1 aliphatic rings. The van der Waals surface area contributed by atoms with Crippen molar-refractivity contribution in [2.24, 2.45) is 0 Å². The molecule has 1 N–H and O–H groups in total. The van der Waals surface area contributed by atoms with Gasteiger partial charge in [-0.2, -0.15) is 0 Å². The van der Waals surface area contributed by atoms with Gasteiger partial charge in [0.1, 0.15) is 0 Å². The summed E-state index contributed by atoms with van der Waals surface area (Å²) in [4.78, 5) is 2.68. The number of aryl methyl sites for hydroxylation is 2. The molecule has 2 heteroatoms. The van der Waals surface area contributed by atoms with Crippen LogP contribution >= 0.6 is 0 Å². The lowest BCUT2D eigenvalue weighted by atomic mass is 9.98. The normalized spacial score (nSPS) is 22.5. The first-order valence-corrected chi connectivity index (χ1v) is 8.10. The van der Waals surface area contributed by atoms with Gasteiger partial charge in [-0.15, -0.1) is 0 Å². The van der Waals surface area contributed by atoms with E-state index in [1.807, 2.05) is 0 Å². The van der Waals surface area contributed by atoms with Crippen molar-refractivity contribution in [2.45, 2.75) is 58.5 Å². The van der Waals surface area contributed by atoms with Crippen LogP contribution in [0.1, 0.15) is 55.3 Å². The maximum absolute atomic E-state index is 3.53. The van der Waals surface area contributed by atoms with Crippen molar-refractivity contribution in [3.8, 4) is 0 Å². The number of nitrogens with one attached hydrogen (secondary N) is 1. The fourth-order valence-electron chi connectivity index (χ4n) is 3.32. The van der Waals surface area contributed by atoms with Crippen molar-refractivity contribution in [1.29, 1.82) is 0 Å². The maximum Gasteiger partial charge on any atom is 0.0449 e. The summed E-state index contributed by atoms with van der Waals surface area (Å²) in [6.45, 7) is 9.18. The Morgan fingerprint density at radius 3 is 2.80 bits per heavy atom. The minimum Gasteiger partial charge on any atom is -0.312 e. The molecular weight excluding hydrogens is 244 g/mol. The van der Waals surface area contributed by atoms with Gasteiger partial charge in [0.25, 0.3) is 0 Å². The lowest BCUT2D eigenvalue weighted by Gasteiger charge is -2.32. The summed E-state index contributed by atoms with van der Waals surface area (Å²) >= 11 is 0. The summed E-state index contributed by atoms with van der Waals surface area (Å²) in [5.74, 6) is 0. The van der Waals surface area contributed by atoms with E-state index >= 15 is 0 Å². The van der Waals surface area contributed by atoms with E-state index in [1.54, 1.807) is 0 Å². The van der Waals surface area contributed by atoms with Crippen LogP contribution in [0.2, 0.25) is 0 Å². The molecule has 1 aliphatic heterocycles. The van der Waals surface area contributed by atoms with Gasteiger partial charge in [-0.05, 0) is 58.3 Å². The SMILES string of the molecule is CNC(CN1CCCCCC1C)c1cc(C)ccc1C. The molecule has 2 atom stereocenters. The third-order valence-corrected chi connectivity index (χ3v) is 4.77. The summed E-state index contributed by atoms with van der Waals surface area (Å²) in [7, 11) is 2.09. The van der Waals surface area contributed by atoms with Crippen LogP contribution in [0.3, 0.4) is 0 Å². The summed E-state index contributed by atoms with van der Waals surface area (Å²) in [6.07, 6.45) is 5.50. The van der Waals surface area contributed by atoms with Crippen LogP contribution in [0.5, 0.6) is 0 Å². The molecule has 2 unspecified atom stereocenters. The van der Waals surface area contributed by atoms with Crippen molar-refractivity contribution >= 4 is 0 Å². The minimum atomic E-state index is 0.440. The van der Waals surface area contributed by atoms with Gasteiger partial charge in [-0.1, -0.05) is 36.6 Å². The number of rotatable bonds is 4. The molecule has 20 heavy (non-hydrogen) atoms. The topological polar surface area (TPSA) is 15.3 Å². The molecule has 1 fully saturated rings. The average molecular weight is 274 g/mol. The minimum absolute atomic E-state index is 0.440. The predicted octanol–water partition coefficient (Wildman–Crippen LogP) is 3.83. The van der Waals surface area contributed by atoms with Crippen LogP contribution in [0.4, 0.5) is 0 Å². The van der Waals surface area contributed by atoms with Gasteiger partial charge in [-0.25, -0.2) is 0 Å². The van der Waals surface area contributed by atoms with Gasteiger partial charge in [0.2, 0.25) is 0 Å². The van der Waals surface area contributed by atoms with Crippen molar-refractivity contribution in [1.82, 2.24) is 10.2 Å². The first-order chi connectivity index (χ1) is 9.61. The molecule has 0 aromatic heterocycles. The highest BCUT2D eigenvalue weighted by Gasteiger charge is 2.21. The summed E-state index contributed by atoms with van der Waals surface area (Å²) < 4.78 is 0. The lowest BCUT2D eigenvalue weighted by Crippen LogP contribution is -2.39. The van der Waals surface area contributed by atoms with Crippen LogP contribution in [0.15, 0.2) is 18.2 Å². The Bertz CT molecular complexity index is 427. The van der Waals surface area contributed by atoms with Crippen LogP contribution < -0.4 is 5.32 Å². The fourth-order valence-corrected chi connectivity index (χ4v) is 3.32. The molecule has 0 saturated carbocycles. The Labute approximate surface area is 124 Å². The Balaban J connectivity index is 2.13. The lowest BCUT2D eigenvalue weighted by molar-refractivity contribution is 0.193. The van der Waals surface area contributed by atoms with Gasteiger partial charge in [0.05, 0.1) is 0 Å². The zero-order valence-corrected chi connectivity index (χ0v) is 13.6. The van der Waals surface area contributed by atoms with Crippen LogP contribution in [-0.2, 0) is 0 Å². The second kappa shape index (κ2) is 7.24. The van der Waals surface area contributed by atoms with E-state index in [0.29, 0.717) is 6.04 Å². The summed E-state index contributed by atoms with van der Waals surface area (Å²) in [5.41, 5.74) is 4.22. The highest BCUT2D eigenvalue weighted by atomic mass is 15.2. The number of hydrogen-bond acceptors (Lipinski definition) is 2. The third kappa shape index (κ3) is 3.83. The van der Waals surface area contributed by atoms with Crippen molar-refractivity contribution in [3.63, 3.8) is 0 Å². The molecule has 1 heterocycles. The van der Waals surface area contributed by atoms with E-state index in [0.717, 1.165) is 12.6 Å². The number of nitrogens with zero attached hydrogens (tertiary/aromatic N) is 1. The summed E-state index contributed by atoms with van der Waals surface area (Å²) in [5, 5.41) is 3.53. The maximum atomic E-state index is 3.53. The smallest absolute Gasteiger partial charge is 0.0449 e. The molecule has 112 valence electrons. The number of likely N-dealkylation sites (tertiary alicyclic amines) is 1. The van der Waals surface area contributed by atoms with Crippen molar-refractivity contribution < 1.29 is 0 Å². The molecule has 1 aromatic rings. The van der Waals surface area contributed by atoms with Gasteiger partial charge in [0, 0.05) is 18.6 Å². The first kappa shape index (κ1) is 15.5. The number of benzene rings is 1. The van der Waals surface area contributed by atoms with Gasteiger partial charge in [0.15, 0.2) is 0 Å². The van der Waals surface area contributed by atoms with Gasteiger partial charge < -0.3 is 5.32 Å². The monoisotopic (exact) mass is 274 g/mol. The zero-order chi connectivity index (χ0) is 14.5. The van der Waals surface area contributed by atoms with E-state index in [-0.39, 0.29) is 0 Å². The standard InChI is InChI=1S/C18H30N2/c1-14-9-10-15(2)17(12-14)18(19-4)13-20-11-7-5-6-8-16(20)3/h9-10,12,16,18-19H,5-8,11,13H2,1-4H3. The van der Waals surface area contributed by atoms with Crippen LogP contribution in [0.25, 0.3) is 0 Å². The highest BCUT2D eigenvalue weighted by molar-refractivity contribution is 5.33. The first-order valence-electron chi connectivity index (χ1n) is 8.10. The second-order valence-electron chi connectivity index (χ2n) is 6.39. The molecule has 0 bridgehead atoms. The summed E-state index contributed by atoms with van der Waals surface area (Å²) in [6, 6.07) is 7.97. The van der Waals surface area contributed by atoms with E-state index in [1.165, 1.54) is 48.9 Å². The van der Waals surface area contributed by atoms with Crippen LogP contribution in [-0.4, -0.2) is 31.1 Å². The fraction of sp³-hybridized carbons (Fsp3) is 0.667. The Morgan fingerprint density at radius 1 is 1.25 bits per heavy atom. The Morgan fingerprint density at radius 2 is 2.05 bits per heavy atom. The molecule has 1 aromatic carbocycles. The quantitative estimate of drug-likeness (QED) is 0.897. The molecule has 0 radical (unpaired) electrons. The van der Waals surface area contributed by atoms with Gasteiger partial charge in [-0.3, -0.25) is 4.90 Å². The predicted molar refractivity (Wildman–Crippen MR) is 87.2 cm³/mol. The highest BCUT2D eigenvalue weighted by Crippen LogP contribution is 2.23. The Hall–Kier alpha value is -0.860. The van der Waals surface area contributed by atoms with Crippen LogP contribution in [0, 0.1) is 13.8 Å². The van der Waals surface area contributed by atoms with Gasteiger partial charge >= 0.3 is 0 Å². The molecule has 1 saturated heterocycles. The van der Waals surface area contributed by atoms with E-state index in [4.69, 9.17) is 0 Å². The molecule has 0 aliphatic carbocycles. The molecule has 2 nitrogen and oxygen atoms in total. The average Bonchev–Trinajstić information content (AvgIpc) is 2.64. The number of likely N-dealkylation sites (N-methyl/N-ethyl adjacent to an activating group) is 1. The van der Waals surface area contributed by atoms with E-state index in [2.05, 4.69) is 56.2 Å². The largest absolute Gasteiger partial charge is 0.312 e. The molecule has 0 amide bonds. The molecule has 2 rings (SSSR count). The van der Waals surface area contributed by atoms with Crippen molar-refractivity contribution in [3.05, 3.63) is 34.9 Å². The number of hydrogen-bond donors (Lipinski definition) is 1. The Kier molecular flexibility index (Phi) is 5.62. The third-order valence-electron chi connectivity index (χ3n) is 4.77. The molecular formula is C18H30N2. The van der Waals surface area contributed by atoms with Crippen molar-refractivity contribution in [2.75, 3.05) is 20.1 Å².